The van der Waals surface area contributed by atoms with Gasteiger partial charge in [-0.1, -0.05) is 0 Å². The van der Waals surface area contributed by atoms with Gasteiger partial charge in [0.1, 0.15) is 17.0 Å². The molecular formula is C15H18N4O3. The van der Waals surface area contributed by atoms with Crippen molar-refractivity contribution >= 4 is 22.8 Å². The van der Waals surface area contributed by atoms with Gasteiger partial charge in [-0.3, -0.25) is 4.79 Å². The van der Waals surface area contributed by atoms with Gasteiger partial charge in [0.05, 0.1) is 7.11 Å². The number of hydrogen-bond acceptors (Lipinski definition) is 6. The van der Waals surface area contributed by atoms with E-state index in [9.17, 15) is 9.59 Å². The first-order valence-electron chi connectivity index (χ1n) is 7.14. The lowest BCUT2D eigenvalue weighted by atomic mass is 10.2. The molecule has 0 radical (unpaired) electrons. The van der Waals surface area contributed by atoms with Gasteiger partial charge < -0.3 is 19.5 Å². The third-order valence-corrected chi connectivity index (χ3v) is 3.92. The number of H-pyrrole nitrogens is 1. The van der Waals surface area contributed by atoms with Gasteiger partial charge in [-0.25, -0.2) is 9.78 Å². The van der Waals surface area contributed by atoms with E-state index in [1.165, 1.54) is 13.2 Å². The van der Waals surface area contributed by atoms with Gasteiger partial charge in [0.2, 0.25) is 0 Å². The van der Waals surface area contributed by atoms with Crippen molar-refractivity contribution < 1.29 is 9.53 Å². The number of aromatic nitrogens is 2. The highest BCUT2D eigenvalue weighted by molar-refractivity contribution is 5.93. The maximum absolute atomic E-state index is 11.9. The lowest BCUT2D eigenvalue weighted by Crippen LogP contribution is -2.44. The first-order chi connectivity index (χ1) is 10.6. The van der Waals surface area contributed by atoms with Crippen LogP contribution < -0.4 is 10.5 Å². The molecule has 0 atom stereocenters. The lowest BCUT2D eigenvalue weighted by Gasteiger charge is -2.33. The van der Waals surface area contributed by atoms with E-state index in [2.05, 4.69) is 31.6 Å². The Bertz CT molecular complexity index is 763. The molecule has 7 nitrogen and oxygen atoms in total. The van der Waals surface area contributed by atoms with Gasteiger partial charge in [0, 0.05) is 31.6 Å². The van der Waals surface area contributed by atoms with E-state index in [-0.39, 0.29) is 5.56 Å². The second-order valence-corrected chi connectivity index (χ2v) is 5.40. The SMILES string of the molecule is COC(=O)c1cc2ccc(N3CCN(C)CC3)nc2[nH]c1=O. The molecule has 2 aromatic rings. The number of ether oxygens (including phenoxy) is 1. The standard InChI is InChI=1S/C15H18N4O3/c1-18-5-7-19(8-6-18)12-4-3-10-9-11(15(21)22-2)14(20)17-13(10)16-12/h3-4,9H,5-8H2,1-2H3,(H,16,17,20). The van der Waals surface area contributed by atoms with E-state index < -0.39 is 11.5 Å². The fraction of sp³-hybridized carbons (Fsp3) is 0.400. The van der Waals surface area contributed by atoms with Crippen LogP contribution in [0.15, 0.2) is 23.0 Å². The second-order valence-electron chi connectivity index (χ2n) is 5.40. The molecule has 1 saturated heterocycles. The molecule has 116 valence electrons. The summed E-state index contributed by atoms with van der Waals surface area (Å²) in [6, 6.07) is 5.28. The number of piperazine rings is 1. The average molecular weight is 302 g/mol. The number of likely N-dealkylation sites (N-methyl/N-ethyl adjacent to an activating group) is 1. The third-order valence-electron chi connectivity index (χ3n) is 3.92. The van der Waals surface area contributed by atoms with Crippen molar-refractivity contribution in [2.24, 2.45) is 0 Å². The Morgan fingerprint density at radius 3 is 2.68 bits per heavy atom. The van der Waals surface area contributed by atoms with Crippen molar-refractivity contribution in [1.82, 2.24) is 14.9 Å². The van der Waals surface area contributed by atoms with E-state index in [0.717, 1.165) is 32.0 Å². The number of fused-ring (bicyclic) bond motifs is 1. The summed E-state index contributed by atoms with van der Waals surface area (Å²) in [5.74, 6) is 0.188. The van der Waals surface area contributed by atoms with Crippen LogP contribution in [0.4, 0.5) is 5.82 Å². The Balaban J connectivity index is 1.97. The van der Waals surface area contributed by atoms with Crippen LogP contribution in [0.3, 0.4) is 0 Å². The molecule has 1 aliphatic rings. The Morgan fingerprint density at radius 1 is 1.27 bits per heavy atom. The number of rotatable bonds is 2. The molecule has 1 fully saturated rings. The predicted octanol–water partition coefficient (Wildman–Crippen LogP) is 0.462. The number of carbonyl (C=O) groups excluding carboxylic acids is 1. The van der Waals surface area contributed by atoms with Gasteiger partial charge in [-0.15, -0.1) is 0 Å². The van der Waals surface area contributed by atoms with Crippen LogP contribution >= 0.6 is 0 Å². The zero-order valence-electron chi connectivity index (χ0n) is 12.6. The third kappa shape index (κ3) is 2.67. The van der Waals surface area contributed by atoms with Crippen molar-refractivity contribution in [1.29, 1.82) is 0 Å². The van der Waals surface area contributed by atoms with Crippen LogP contribution in [-0.4, -0.2) is 61.2 Å². The highest BCUT2D eigenvalue weighted by Crippen LogP contribution is 2.18. The number of aromatic amines is 1. The first kappa shape index (κ1) is 14.5. The highest BCUT2D eigenvalue weighted by atomic mass is 16.5. The Hall–Kier alpha value is -2.41. The number of methoxy groups -OCH3 is 1. The second kappa shape index (κ2) is 5.76. The summed E-state index contributed by atoms with van der Waals surface area (Å²) >= 11 is 0. The molecule has 0 unspecified atom stereocenters. The molecule has 3 heterocycles. The Labute approximate surface area is 127 Å². The largest absolute Gasteiger partial charge is 0.465 e. The monoisotopic (exact) mass is 302 g/mol. The molecule has 7 heteroatoms. The maximum Gasteiger partial charge on any atom is 0.343 e. The number of pyridine rings is 2. The van der Waals surface area contributed by atoms with Crippen LogP contribution in [0.2, 0.25) is 0 Å². The van der Waals surface area contributed by atoms with Crippen LogP contribution in [0, 0.1) is 0 Å². The summed E-state index contributed by atoms with van der Waals surface area (Å²) in [6.07, 6.45) is 0. The van der Waals surface area contributed by atoms with Gasteiger partial charge in [-0.05, 0) is 25.2 Å². The Kier molecular flexibility index (Phi) is 3.81. The summed E-state index contributed by atoms with van der Waals surface area (Å²) in [6.45, 7) is 3.77. The number of carbonyl (C=O) groups is 1. The van der Waals surface area contributed by atoms with Crippen molar-refractivity contribution in [2.75, 3.05) is 45.2 Å². The van der Waals surface area contributed by atoms with Gasteiger partial charge in [0.25, 0.3) is 5.56 Å². The van der Waals surface area contributed by atoms with Crippen molar-refractivity contribution in [2.45, 2.75) is 0 Å². The first-order valence-corrected chi connectivity index (χ1v) is 7.14. The number of anilines is 1. The molecule has 0 saturated carbocycles. The number of esters is 1. The van der Waals surface area contributed by atoms with E-state index in [1.54, 1.807) is 0 Å². The van der Waals surface area contributed by atoms with E-state index in [0.29, 0.717) is 11.0 Å². The summed E-state index contributed by atoms with van der Waals surface area (Å²) in [4.78, 5) is 35.1. The maximum atomic E-state index is 11.9. The molecule has 0 aromatic carbocycles. The lowest BCUT2D eigenvalue weighted by molar-refractivity contribution is 0.0599. The smallest absolute Gasteiger partial charge is 0.343 e. The molecule has 0 aliphatic carbocycles. The van der Waals surface area contributed by atoms with Crippen LogP contribution in [0.25, 0.3) is 11.0 Å². The van der Waals surface area contributed by atoms with Gasteiger partial charge in [-0.2, -0.15) is 0 Å². The number of nitrogens with one attached hydrogen (secondary N) is 1. The molecule has 0 spiro atoms. The molecule has 0 amide bonds. The number of hydrogen-bond donors (Lipinski definition) is 1. The fourth-order valence-electron chi connectivity index (χ4n) is 2.55. The molecule has 0 bridgehead atoms. The summed E-state index contributed by atoms with van der Waals surface area (Å²) in [5.41, 5.74) is -0.0133. The quantitative estimate of drug-likeness (QED) is 0.812. The van der Waals surface area contributed by atoms with Crippen LogP contribution in [0.1, 0.15) is 10.4 Å². The van der Waals surface area contributed by atoms with E-state index >= 15 is 0 Å². The topological polar surface area (TPSA) is 78.5 Å². The predicted molar refractivity (Wildman–Crippen MR) is 83.4 cm³/mol. The Morgan fingerprint density at radius 2 is 2.00 bits per heavy atom. The van der Waals surface area contributed by atoms with Gasteiger partial charge in [0.15, 0.2) is 0 Å². The van der Waals surface area contributed by atoms with E-state index in [4.69, 9.17) is 0 Å². The normalized spacial score (nSPS) is 16.0. The average Bonchev–Trinajstić information content (AvgIpc) is 2.53. The molecular weight excluding hydrogens is 284 g/mol. The zero-order chi connectivity index (χ0) is 15.7. The van der Waals surface area contributed by atoms with Gasteiger partial charge >= 0.3 is 5.97 Å². The van der Waals surface area contributed by atoms with Crippen LogP contribution in [0.5, 0.6) is 0 Å². The summed E-state index contributed by atoms with van der Waals surface area (Å²) < 4.78 is 4.60. The van der Waals surface area contributed by atoms with Crippen molar-refractivity contribution in [3.63, 3.8) is 0 Å². The van der Waals surface area contributed by atoms with E-state index in [1.807, 2.05) is 12.1 Å². The minimum atomic E-state index is -0.647. The summed E-state index contributed by atoms with van der Waals surface area (Å²) in [5, 5.41) is 0.706. The molecule has 22 heavy (non-hydrogen) atoms. The molecule has 3 rings (SSSR count). The number of nitrogens with zero attached hydrogens (tertiary/aromatic N) is 3. The van der Waals surface area contributed by atoms with Crippen molar-refractivity contribution in [3.8, 4) is 0 Å². The van der Waals surface area contributed by atoms with Crippen molar-refractivity contribution in [3.05, 3.63) is 34.1 Å². The zero-order valence-corrected chi connectivity index (χ0v) is 12.6. The van der Waals surface area contributed by atoms with Crippen LogP contribution in [-0.2, 0) is 4.74 Å². The highest BCUT2D eigenvalue weighted by Gasteiger charge is 2.17. The molecule has 1 N–H and O–H groups in total. The minimum absolute atomic E-state index is 0.0100. The molecule has 2 aromatic heterocycles. The summed E-state index contributed by atoms with van der Waals surface area (Å²) in [7, 11) is 3.34. The minimum Gasteiger partial charge on any atom is -0.465 e. The molecule has 1 aliphatic heterocycles. The fourth-order valence-corrected chi connectivity index (χ4v) is 2.55.